The Kier molecular flexibility index (Phi) is 2.09. The van der Waals surface area contributed by atoms with Crippen LogP contribution >= 0.6 is 23.4 Å². The summed E-state index contributed by atoms with van der Waals surface area (Å²) in [4.78, 5) is 12.0. The normalized spacial score (nSPS) is 15.0. The number of nitrogen functional groups attached to an aromatic ring is 1. The minimum atomic E-state index is -0.00154. The van der Waals surface area contributed by atoms with Crippen LogP contribution in [0.25, 0.3) is 0 Å². The fourth-order valence-electron chi connectivity index (χ4n) is 1.12. The van der Waals surface area contributed by atoms with E-state index in [0.29, 0.717) is 16.5 Å². The van der Waals surface area contributed by atoms with Crippen LogP contribution in [0.2, 0.25) is 5.02 Å². The van der Waals surface area contributed by atoms with Gasteiger partial charge in [-0.05, 0) is 12.1 Å². The van der Waals surface area contributed by atoms with Crippen molar-refractivity contribution >= 4 is 40.6 Å². The first-order chi connectivity index (χ1) is 6.16. The van der Waals surface area contributed by atoms with E-state index in [1.54, 1.807) is 12.1 Å². The van der Waals surface area contributed by atoms with Crippen molar-refractivity contribution in [3.8, 4) is 0 Å². The summed E-state index contributed by atoms with van der Waals surface area (Å²) >= 11 is 7.28. The summed E-state index contributed by atoms with van der Waals surface area (Å²) in [5.41, 5.74) is 6.92. The Bertz CT molecular complexity index is 381. The van der Waals surface area contributed by atoms with Crippen molar-refractivity contribution in [3.63, 3.8) is 0 Å². The number of nitrogens with one attached hydrogen (secondary N) is 1. The van der Waals surface area contributed by atoms with Gasteiger partial charge in [-0.25, -0.2) is 0 Å². The van der Waals surface area contributed by atoms with Crippen molar-refractivity contribution < 1.29 is 4.79 Å². The molecule has 0 atom stereocenters. The minimum Gasteiger partial charge on any atom is -0.397 e. The van der Waals surface area contributed by atoms with E-state index in [2.05, 4.69) is 5.32 Å². The van der Waals surface area contributed by atoms with Gasteiger partial charge in [0.2, 0.25) is 5.91 Å². The van der Waals surface area contributed by atoms with E-state index in [1.165, 1.54) is 11.8 Å². The van der Waals surface area contributed by atoms with Gasteiger partial charge in [-0.3, -0.25) is 4.79 Å². The monoisotopic (exact) mass is 214 g/mol. The van der Waals surface area contributed by atoms with Gasteiger partial charge >= 0.3 is 0 Å². The summed E-state index contributed by atoms with van der Waals surface area (Å²) in [6, 6.07) is 3.46. The van der Waals surface area contributed by atoms with Crippen LogP contribution in [-0.2, 0) is 4.79 Å². The number of halogens is 1. The first kappa shape index (κ1) is 8.72. The SMILES string of the molecule is Nc1cc2c(cc1Cl)NC(=O)CS2. The Morgan fingerprint density at radius 3 is 3.08 bits per heavy atom. The summed E-state index contributed by atoms with van der Waals surface area (Å²) < 4.78 is 0. The van der Waals surface area contributed by atoms with E-state index < -0.39 is 0 Å². The van der Waals surface area contributed by atoms with E-state index in [1.807, 2.05) is 0 Å². The van der Waals surface area contributed by atoms with E-state index >= 15 is 0 Å². The second-order valence-electron chi connectivity index (χ2n) is 2.71. The average molecular weight is 215 g/mol. The molecule has 1 aliphatic heterocycles. The average Bonchev–Trinajstić information content (AvgIpc) is 2.08. The van der Waals surface area contributed by atoms with Crippen molar-refractivity contribution in [1.29, 1.82) is 0 Å². The molecule has 1 aromatic rings. The Balaban J connectivity index is 2.49. The maximum atomic E-state index is 11.0. The number of thioether (sulfide) groups is 1. The van der Waals surface area contributed by atoms with Crippen LogP contribution in [0.15, 0.2) is 17.0 Å². The number of hydrogen-bond acceptors (Lipinski definition) is 3. The second-order valence-corrected chi connectivity index (χ2v) is 4.13. The van der Waals surface area contributed by atoms with Crippen LogP contribution in [0, 0.1) is 0 Å². The number of benzene rings is 1. The number of carbonyl (C=O) groups is 1. The summed E-state index contributed by atoms with van der Waals surface area (Å²) in [6.45, 7) is 0. The van der Waals surface area contributed by atoms with Crippen molar-refractivity contribution in [3.05, 3.63) is 17.2 Å². The number of rotatable bonds is 0. The molecule has 1 amide bonds. The smallest absolute Gasteiger partial charge is 0.234 e. The van der Waals surface area contributed by atoms with Gasteiger partial charge in [-0.2, -0.15) is 0 Å². The van der Waals surface area contributed by atoms with Gasteiger partial charge < -0.3 is 11.1 Å². The van der Waals surface area contributed by atoms with Crippen LogP contribution in [0.1, 0.15) is 0 Å². The van der Waals surface area contributed by atoms with Crippen molar-refractivity contribution in [1.82, 2.24) is 0 Å². The highest BCUT2D eigenvalue weighted by molar-refractivity contribution is 8.00. The minimum absolute atomic E-state index is 0.00154. The second kappa shape index (κ2) is 3.12. The highest BCUT2D eigenvalue weighted by Gasteiger charge is 2.16. The fraction of sp³-hybridized carbons (Fsp3) is 0.125. The number of anilines is 2. The lowest BCUT2D eigenvalue weighted by Crippen LogP contribution is -2.18. The summed E-state index contributed by atoms with van der Waals surface area (Å²) in [7, 11) is 0. The maximum absolute atomic E-state index is 11.0. The Hall–Kier alpha value is -0.870. The fourth-order valence-corrected chi connectivity index (χ4v) is 2.11. The zero-order valence-electron chi connectivity index (χ0n) is 6.63. The van der Waals surface area contributed by atoms with E-state index in [4.69, 9.17) is 17.3 Å². The number of nitrogens with two attached hydrogens (primary N) is 1. The van der Waals surface area contributed by atoms with E-state index in [-0.39, 0.29) is 5.91 Å². The zero-order valence-corrected chi connectivity index (χ0v) is 8.21. The number of amides is 1. The lowest BCUT2D eigenvalue weighted by Gasteiger charge is -2.16. The lowest BCUT2D eigenvalue weighted by molar-refractivity contribution is -0.113. The molecular formula is C8H7ClN2OS. The molecule has 3 N–H and O–H groups in total. The van der Waals surface area contributed by atoms with Gasteiger partial charge in [-0.15, -0.1) is 11.8 Å². The first-order valence-electron chi connectivity index (χ1n) is 3.68. The summed E-state index contributed by atoms with van der Waals surface area (Å²) in [5, 5.41) is 3.20. The molecule has 0 spiro atoms. The molecule has 0 unspecified atom stereocenters. The Labute approximate surface area is 84.6 Å². The number of carbonyl (C=O) groups excluding carboxylic acids is 1. The Morgan fingerprint density at radius 1 is 1.54 bits per heavy atom. The third-order valence-corrected chi connectivity index (χ3v) is 3.11. The first-order valence-corrected chi connectivity index (χ1v) is 5.05. The van der Waals surface area contributed by atoms with Crippen LogP contribution in [0.4, 0.5) is 11.4 Å². The van der Waals surface area contributed by atoms with Crippen LogP contribution in [-0.4, -0.2) is 11.7 Å². The Morgan fingerprint density at radius 2 is 2.31 bits per heavy atom. The van der Waals surface area contributed by atoms with Crippen LogP contribution in [0.3, 0.4) is 0 Å². The summed E-state index contributed by atoms with van der Waals surface area (Å²) in [5.74, 6) is 0.437. The van der Waals surface area contributed by atoms with Crippen molar-refractivity contribution in [2.75, 3.05) is 16.8 Å². The zero-order chi connectivity index (χ0) is 9.42. The molecule has 68 valence electrons. The molecule has 0 aromatic heterocycles. The summed E-state index contributed by atoms with van der Waals surface area (Å²) in [6.07, 6.45) is 0. The molecule has 2 rings (SSSR count). The van der Waals surface area contributed by atoms with E-state index in [0.717, 1.165) is 10.6 Å². The number of fused-ring (bicyclic) bond motifs is 1. The largest absolute Gasteiger partial charge is 0.397 e. The quantitative estimate of drug-likeness (QED) is 0.650. The molecule has 0 fully saturated rings. The van der Waals surface area contributed by atoms with Crippen LogP contribution in [0.5, 0.6) is 0 Å². The van der Waals surface area contributed by atoms with Crippen molar-refractivity contribution in [2.45, 2.75) is 4.90 Å². The van der Waals surface area contributed by atoms with Gasteiger partial charge in [0.1, 0.15) is 0 Å². The molecule has 0 saturated carbocycles. The van der Waals surface area contributed by atoms with Gasteiger partial charge in [0, 0.05) is 4.90 Å². The molecule has 0 aliphatic carbocycles. The third kappa shape index (κ3) is 1.59. The van der Waals surface area contributed by atoms with E-state index in [9.17, 15) is 4.79 Å². The molecule has 0 bridgehead atoms. The van der Waals surface area contributed by atoms with Crippen molar-refractivity contribution in [2.24, 2.45) is 0 Å². The highest BCUT2D eigenvalue weighted by atomic mass is 35.5. The molecular weight excluding hydrogens is 208 g/mol. The van der Waals surface area contributed by atoms with Gasteiger partial charge in [0.15, 0.2) is 0 Å². The van der Waals surface area contributed by atoms with Gasteiger partial charge in [-0.1, -0.05) is 11.6 Å². The predicted octanol–water partition coefficient (Wildman–Crippen LogP) is 1.97. The van der Waals surface area contributed by atoms with Crippen LogP contribution < -0.4 is 11.1 Å². The molecule has 13 heavy (non-hydrogen) atoms. The highest BCUT2D eigenvalue weighted by Crippen LogP contribution is 2.36. The predicted molar refractivity (Wildman–Crippen MR) is 55.2 cm³/mol. The molecule has 1 aliphatic rings. The topological polar surface area (TPSA) is 55.1 Å². The lowest BCUT2D eigenvalue weighted by atomic mass is 10.2. The molecule has 0 radical (unpaired) electrons. The standard InChI is InChI=1S/C8H7ClN2OS/c9-4-1-6-7(2-5(4)10)13-3-8(12)11-6/h1-2H,3,10H2,(H,11,12). The molecule has 3 nitrogen and oxygen atoms in total. The molecule has 1 aromatic carbocycles. The third-order valence-electron chi connectivity index (χ3n) is 1.73. The molecule has 5 heteroatoms. The molecule has 1 heterocycles. The van der Waals surface area contributed by atoms with Gasteiger partial charge in [0.25, 0.3) is 0 Å². The number of hydrogen-bond donors (Lipinski definition) is 2. The maximum Gasteiger partial charge on any atom is 0.234 e. The molecule has 0 saturated heterocycles. The van der Waals surface area contributed by atoms with Gasteiger partial charge in [0.05, 0.1) is 22.2 Å².